The highest BCUT2D eigenvalue weighted by Gasteiger charge is 2.34. The number of fused-ring (bicyclic) bond motifs is 1. The first-order valence-electron chi connectivity index (χ1n) is 12.2. The van der Waals surface area contributed by atoms with Gasteiger partial charge in [0.25, 0.3) is 11.8 Å². The van der Waals surface area contributed by atoms with Crippen molar-refractivity contribution >= 4 is 28.5 Å². The minimum atomic E-state index is -0.290. The van der Waals surface area contributed by atoms with Crippen LogP contribution in [0.1, 0.15) is 58.0 Å². The number of nitrogens with zero attached hydrogens (tertiary/aromatic N) is 2. The van der Waals surface area contributed by atoms with Gasteiger partial charge in [0, 0.05) is 36.0 Å². The first-order chi connectivity index (χ1) is 17.1. The first kappa shape index (κ1) is 21.6. The van der Waals surface area contributed by atoms with Crippen LogP contribution < -0.4 is 9.47 Å². The van der Waals surface area contributed by atoms with Gasteiger partial charge in [0.05, 0.1) is 6.04 Å². The van der Waals surface area contributed by atoms with Crippen molar-refractivity contribution < 1.29 is 23.9 Å². The SMILES string of the molecule is O=C1c2cccc3cccc(c23)C(=O)N1CCCC(=O)N1CCCC1c1ccc2c(c1)OCCO2. The van der Waals surface area contributed by atoms with Gasteiger partial charge >= 0.3 is 0 Å². The predicted octanol–water partition coefficient (Wildman–Crippen LogP) is 4.35. The monoisotopic (exact) mass is 470 g/mol. The van der Waals surface area contributed by atoms with Gasteiger partial charge in [0.1, 0.15) is 13.2 Å². The maximum Gasteiger partial charge on any atom is 0.261 e. The highest BCUT2D eigenvalue weighted by atomic mass is 16.6. The lowest BCUT2D eigenvalue weighted by Crippen LogP contribution is -2.41. The molecule has 7 nitrogen and oxygen atoms in total. The molecule has 3 aromatic carbocycles. The molecule has 3 aliphatic heterocycles. The third-order valence-electron chi connectivity index (χ3n) is 7.15. The van der Waals surface area contributed by atoms with Crippen LogP contribution >= 0.6 is 0 Å². The number of ether oxygens (including phenoxy) is 2. The normalized spacial score (nSPS) is 18.9. The summed E-state index contributed by atoms with van der Waals surface area (Å²) in [4.78, 5) is 42.5. The molecule has 3 amide bonds. The van der Waals surface area contributed by atoms with E-state index in [1.165, 1.54) is 4.90 Å². The summed E-state index contributed by atoms with van der Waals surface area (Å²) in [5, 5.41) is 1.60. The zero-order valence-electron chi connectivity index (χ0n) is 19.4. The van der Waals surface area contributed by atoms with Gasteiger partial charge in [-0.1, -0.05) is 30.3 Å². The van der Waals surface area contributed by atoms with Gasteiger partial charge < -0.3 is 14.4 Å². The van der Waals surface area contributed by atoms with E-state index < -0.39 is 0 Å². The third-order valence-corrected chi connectivity index (χ3v) is 7.15. The van der Waals surface area contributed by atoms with Crippen molar-refractivity contribution in [3.63, 3.8) is 0 Å². The average Bonchev–Trinajstić information content (AvgIpc) is 3.39. The molecule has 0 saturated carbocycles. The summed E-state index contributed by atoms with van der Waals surface area (Å²) in [7, 11) is 0. The second-order valence-corrected chi connectivity index (χ2v) is 9.22. The van der Waals surface area contributed by atoms with Gasteiger partial charge in [-0.2, -0.15) is 0 Å². The topological polar surface area (TPSA) is 76.2 Å². The minimum Gasteiger partial charge on any atom is -0.486 e. The van der Waals surface area contributed by atoms with Crippen molar-refractivity contribution in [2.75, 3.05) is 26.3 Å². The maximum absolute atomic E-state index is 13.2. The van der Waals surface area contributed by atoms with Gasteiger partial charge in [-0.05, 0) is 54.5 Å². The Bertz CT molecular complexity index is 1300. The highest BCUT2D eigenvalue weighted by molar-refractivity contribution is 6.25. The fraction of sp³-hybridized carbons (Fsp3) is 0.321. The lowest BCUT2D eigenvalue weighted by Gasteiger charge is -2.28. The Hall–Kier alpha value is -3.87. The van der Waals surface area contributed by atoms with Gasteiger partial charge in [-0.3, -0.25) is 19.3 Å². The van der Waals surface area contributed by atoms with E-state index in [4.69, 9.17) is 9.47 Å². The van der Waals surface area contributed by atoms with Crippen LogP contribution in [0.2, 0.25) is 0 Å². The van der Waals surface area contributed by atoms with Crippen LogP contribution in [0.25, 0.3) is 10.8 Å². The van der Waals surface area contributed by atoms with E-state index in [0.717, 1.165) is 40.7 Å². The van der Waals surface area contributed by atoms with Crippen molar-refractivity contribution in [2.24, 2.45) is 0 Å². The zero-order chi connectivity index (χ0) is 23.9. The molecule has 0 aliphatic carbocycles. The van der Waals surface area contributed by atoms with Crippen LogP contribution in [0.4, 0.5) is 0 Å². The molecule has 1 unspecified atom stereocenters. The van der Waals surface area contributed by atoms with Crippen LogP contribution in [0.15, 0.2) is 54.6 Å². The number of rotatable bonds is 5. The number of carbonyl (C=O) groups is 3. The number of carbonyl (C=O) groups excluding carboxylic acids is 3. The summed E-state index contributed by atoms with van der Waals surface area (Å²) in [6.45, 7) is 1.99. The van der Waals surface area contributed by atoms with Crippen LogP contribution in [-0.2, 0) is 4.79 Å². The summed E-state index contributed by atoms with van der Waals surface area (Å²) in [6.07, 6.45) is 2.55. The molecule has 6 rings (SSSR count). The molecule has 1 saturated heterocycles. The number of amides is 3. The average molecular weight is 471 g/mol. The molecular formula is C28H26N2O5. The second-order valence-electron chi connectivity index (χ2n) is 9.22. The van der Waals surface area contributed by atoms with E-state index in [-0.39, 0.29) is 36.7 Å². The third kappa shape index (κ3) is 3.71. The lowest BCUT2D eigenvalue weighted by molar-refractivity contribution is -0.132. The lowest BCUT2D eigenvalue weighted by atomic mass is 9.94. The fourth-order valence-electron chi connectivity index (χ4n) is 5.49. The summed E-state index contributed by atoms with van der Waals surface area (Å²) in [5.74, 6) is 0.931. The van der Waals surface area contributed by atoms with Gasteiger partial charge in [-0.25, -0.2) is 0 Å². The van der Waals surface area contributed by atoms with E-state index in [1.54, 1.807) is 12.1 Å². The number of hydrogen-bond acceptors (Lipinski definition) is 5. The Labute approximate surface area is 203 Å². The quantitative estimate of drug-likeness (QED) is 0.518. The molecular weight excluding hydrogens is 444 g/mol. The molecule has 0 N–H and O–H groups in total. The molecule has 3 aliphatic rings. The number of likely N-dealkylation sites (tertiary alicyclic amines) is 1. The van der Waals surface area contributed by atoms with E-state index in [2.05, 4.69) is 0 Å². The van der Waals surface area contributed by atoms with E-state index >= 15 is 0 Å². The van der Waals surface area contributed by atoms with Crippen molar-refractivity contribution in [3.05, 3.63) is 71.3 Å². The minimum absolute atomic E-state index is 0.000978. The Balaban J connectivity index is 1.13. The maximum atomic E-state index is 13.2. The van der Waals surface area contributed by atoms with Gasteiger partial charge in [0.2, 0.25) is 5.91 Å². The molecule has 0 bridgehead atoms. The van der Waals surface area contributed by atoms with Crippen molar-refractivity contribution in [3.8, 4) is 11.5 Å². The smallest absolute Gasteiger partial charge is 0.261 e. The molecule has 178 valence electrons. The van der Waals surface area contributed by atoms with Crippen molar-refractivity contribution in [1.29, 1.82) is 0 Å². The number of benzene rings is 3. The van der Waals surface area contributed by atoms with Crippen LogP contribution in [-0.4, -0.2) is 53.8 Å². The Morgan fingerprint density at radius 3 is 2.37 bits per heavy atom. The summed E-state index contributed by atoms with van der Waals surface area (Å²) in [6, 6.07) is 16.9. The van der Waals surface area contributed by atoms with E-state index in [9.17, 15) is 14.4 Å². The first-order valence-corrected chi connectivity index (χ1v) is 12.2. The molecule has 0 spiro atoms. The predicted molar refractivity (Wildman–Crippen MR) is 130 cm³/mol. The Morgan fingerprint density at radius 2 is 1.63 bits per heavy atom. The second kappa shape index (κ2) is 8.73. The van der Waals surface area contributed by atoms with Crippen molar-refractivity contribution in [2.45, 2.75) is 31.7 Å². The molecule has 7 heteroatoms. The molecule has 1 atom stereocenters. The Morgan fingerprint density at radius 1 is 0.914 bits per heavy atom. The van der Waals surface area contributed by atoms with Crippen LogP contribution in [0, 0.1) is 0 Å². The molecule has 3 aromatic rings. The fourth-order valence-corrected chi connectivity index (χ4v) is 5.49. The van der Waals surface area contributed by atoms with E-state index in [1.807, 2.05) is 47.4 Å². The molecule has 1 fully saturated rings. The standard InChI is InChI=1S/C28H26N2O5/c31-25(29-13-3-9-22(29)19-11-12-23-24(17-19)35-16-15-34-23)10-4-14-30-27(32)20-7-1-5-18-6-2-8-21(26(18)20)28(30)33/h1-2,5-8,11-12,17,22H,3-4,9-10,13-16H2. The molecule has 0 radical (unpaired) electrons. The number of imide groups is 1. The summed E-state index contributed by atoms with van der Waals surface area (Å²) in [5.41, 5.74) is 2.13. The van der Waals surface area contributed by atoms with Gasteiger partial charge in [0.15, 0.2) is 11.5 Å². The van der Waals surface area contributed by atoms with Crippen LogP contribution in [0.3, 0.4) is 0 Å². The zero-order valence-corrected chi connectivity index (χ0v) is 19.4. The van der Waals surface area contributed by atoms with E-state index in [0.29, 0.717) is 37.3 Å². The highest BCUT2D eigenvalue weighted by Crippen LogP contribution is 2.38. The largest absolute Gasteiger partial charge is 0.486 e. The summed E-state index contributed by atoms with van der Waals surface area (Å²) >= 11 is 0. The number of hydrogen-bond donors (Lipinski definition) is 0. The Kier molecular flexibility index (Phi) is 5.40. The molecule has 0 aromatic heterocycles. The summed E-state index contributed by atoms with van der Waals surface area (Å²) < 4.78 is 11.3. The molecule has 35 heavy (non-hydrogen) atoms. The molecule has 3 heterocycles. The van der Waals surface area contributed by atoms with Gasteiger partial charge in [-0.15, -0.1) is 0 Å². The van der Waals surface area contributed by atoms with Crippen LogP contribution in [0.5, 0.6) is 11.5 Å². The van der Waals surface area contributed by atoms with Crippen molar-refractivity contribution in [1.82, 2.24) is 9.80 Å².